The van der Waals surface area contributed by atoms with Gasteiger partial charge in [0.15, 0.2) is 11.2 Å². The second-order valence-corrected chi connectivity index (χ2v) is 10.4. The lowest BCUT2D eigenvalue weighted by atomic mass is 9.84. The average Bonchev–Trinajstić information content (AvgIpc) is 3.10. The Morgan fingerprint density at radius 1 is 1.00 bits per heavy atom. The Labute approximate surface area is 212 Å². The van der Waals surface area contributed by atoms with Crippen molar-refractivity contribution in [3.8, 4) is 0 Å². The molecular formula is C30H35N3O3. The molecule has 2 aromatic carbocycles. The van der Waals surface area contributed by atoms with Gasteiger partial charge in [0.25, 0.3) is 5.91 Å². The lowest BCUT2D eigenvalue weighted by molar-refractivity contribution is 0.0920. The molecule has 1 saturated carbocycles. The number of H-pyrrole nitrogens is 1. The molecule has 6 heteroatoms. The van der Waals surface area contributed by atoms with Crippen LogP contribution in [-0.2, 0) is 12.8 Å². The smallest absolute Gasteiger partial charge is 0.253 e. The largest absolute Gasteiger partial charge is 0.360 e. The van der Waals surface area contributed by atoms with Crippen LogP contribution >= 0.6 is 0 Å². The number of hydrogen-bond donors (Lipinski definition) is 2. The van der Waals surface area contributed by atoms with Crippen LogP contribution in [0.15, 0.2) is 53.5 Å². The highest BCUT2D eigenvalue weighted by Crippen LogP contribution is 2.28. The van der Waals surface area contributed by atoms with Crippen molar-refractivity contribution in [2.24, 2.45) is 5.92 Å². The number of benzene rings is 2. The summed E-state index contributed by atoms with van der Waals surface area (Å²) in [5, 5.41) is 3.75. The number of para-hydroxylation sites is 1. The number of rotatable bonds is 6. The van der Waals surface area contributed by atoms with Gasteiger partial charge < -0.3 is 15.2 Å². The van der Waals surface area contributed by atoms with Crippen LogP contribution in [0.3, 0.4) is 0 Å². The standard InChI is InChI=1S/C30H35N3O3/c1-20(34)23-8-7-22-13-17-33(18-14-24(22)19-23)16-12-21-5-9-25(10-6-21)32-30(36)27-4-2-3-26-28(35)11-15-31-29(26)27/h2-4,7-8,11,15,19,21,25H,5-6,9-10,12-14,16-18H2,1H3,(H,31,35)(H,32,36). The summed E-state index contributed by atoms with van der Waals surface area (Å²) in [4.78, 5) is 42.5. The van der Waals surface area contributed by atoms with Gasteiger partial charge in [0.1, 0.15) is 0 Å². The van der Waals surface area contributed by atoms with Gasteiger partial charge in [-0.25, -0.2) is 0 Å². The summed E-state index contributed by atoms with van der Waals surface area (Å²) in [6.45, 7) is 4.87. The maximum atomic E-state index is 13.0. The van der Waals surface area contributed by atoms with E-state index in [1.54, 1.807) is 31.3 Å². The van der Waals surface area contributed by atoms with Crippen molar-refractivity contribution in [1.82, 2.24) is 15.2 Å². The lowest BCUT2D eigenvalue weighted by Gasteiger charge is -2.31. The number of fused-ring (bicyclic) bond motifs is 2. The quantitative estimate of drug-likeness (QED) is 0.504. The SMILES string of the molecule is CC(=O)c1ccc2c(c1)CCN(CCC1CCC(NC(=O)c3cccc4c(=O)cc[nH]c34)CC1)CC2. The van der Waals surface area contributed by atoms with Crippen molar-refractivity contribution in [2.45, 2.75) is 57.9 Å². The predicted molar refractivity (Wildman–Crippen MR) is 143 cm³/mol. The summed E-state index contributed by atoms with van der Waals surface area (Å²) in [7, 11) is 0. The Bertz CT molecular complexity index is 1320. The van der Waals surface area contributed by atoms with Gasteiger partial charge in [0, 0.05) is 42.3 Å². The molecule has 1 aliphatic heterocycles. The Morgan fingerprint density at radius 3 is 2.56 bits per heavy atom. The van der Waals surface area contributed by atoms with Gasteiger partial charge in [-0.05, 0) is 93.7 Å². The molecule has 2 N–H and O–H groups in total. The predicted octanol–water partition coefficient (Wildman–Crippen LogP) is 4.51. The number of aromatic amines is 1. The second-order valence-electron chi connectivity index (χ2n) is 10.4. The Morgan fingerprint density at radius 2 is 1.78 bits per heavy atom. The van der Waals surface area contributed by atoms with Gasteiger partial charge in [-0.2, -0.15) is 0 Å². The first-order valence-electron chi connectivity index (χ1n) is 13.2. The van der Waals surface area contributed by atoms with E-state index in [0.29, 0.717) is 22.4 Å². The molecule has 2 heterocycles. The average molecular weight is 486 g/mol. The van der Waals surface area contributed by atoms with E-state index in [9.17, 15) is 14.4 Å². The lowest BCUT2D eigenvalue weighted by Crippen LogP contribution is -2.38. The molecule has 3 aromatic rings. The number of Topliss-reactive ketones (excluding diaryl/α,β-unsaturated/α-hetero) is 1. The Balaban J connectivity index is 1.09. The van der Waals surface area contributed by atoms with E-state index < -0.39 is 0 Å². The second kappa shape index (κ2) is 10.8. The Kier molecular flexibility index (Phi) is 7.33. The maximum Gasteiger partial charge on any atom is 0.253 e. The molecule has 0 atom stereocenters. The van der Waals surface area contributed by atoms with Gasteiger partial charge in [0.2, 0.25) is 0 Å². The molecule has 2 aliphatic rings. The summed E-state index contributed by atoms with van der Waals surface area (Å²) in [6, 6.07) is 13.2. The molecule has 6 nitrogen and oxygen atoms in total. The molecule has 188 valence electrons. The number of nitrogens with one attached hydrogen (secondary N) is 2. The van der Waals surface area contributed by atoms with Crippen LogP contribution in [0.4, 0.5) is 0 Å². The van der Waals surface area contributed by atoms with Crippen LogP contribution in [0.25, 0.3) is 10.9 Å². The van der Waals surface area contributed by atoms with E-state index in [1.807, 2.05) is 6.07 Å². The van der Waals surface area contributed by atoms with Crippen LogP contribution in [-0.4, -0.2) is 47.3 Å². The number of pyridine rings is 1. The van der Waals surface area contributed by atoms with E-state index in [-0.39, 0.29) is 23.2 Å². The molecule has 5 rings (SSSR count). The normalized spacial score (nSPS) is 20.5. The minimum atomic E-state index is -0.108. The summed E-state index contributed by atoms with van der Waals surface area (Å²) in [5.41, 5.74) is 4.59. The highest BCUT2D eigenvalue weighted by atomic mass is 16.2. The highest BCUT2D eigenvalue weighted by molar-refractivity contribution is 6.05. The van der Waals surface area contributed by atoms with Gasteiger partial charge in [0.05, 0.1) is 11.1 Å². The first-order valence-corrected chi connectivity index (χ1v) is 13.2. The first-order chi connectivity index (χ1) is 17.5. The number of carbonyl (C=O) groups excluding carboxylic acids is 2. The fourth-order valence-electron chi connectivity index (χ4n) is 5.83. The van der Waals surface area contributed by atoms with Crippen LogP contribution in [0.1, 0.15) is 70.9 Å². The Hall–Kier alpha value is -3.25. The number of aromatic nitrogens is 1. The van der Waals surface area contributed by atoms with Gasteiger partial charge in [-0.3, -0.25) is 14.4 Å². The summed E-state index contributed by atoms with van der Waals surface area (Å²) < 4.78 is 0. The summed E-state index contributed by atoms with van der Waals surface area (Å²) in [5.74, 6) is 0.725. The third kappa shape index (κ3) is 5.44. The number of nitrogens with zero attached hydrogens (tertiary/aromatic N) is 1. The van der Waals surface area contributed by atoms with E-state index in [1.165, 1.54) is 23.6 Å². The molecule has 0 radical (unpaired) electrons. The molecule has 0 bridgehead atoms. The van der Waals surface area contributed by atoms with Gasteiger partial charge >= 0.3 is 0 Å². The van der Waals surface area contributed by atoms with Crippen molar-refractivity contribution >= 4 is 22.6 Å². The van der Waals surface area contributed by atoms with Crippen molar-refractivity contribution in [2.75, 3.05) is 19.6 Å². The topological polar surface area (TPSA) is 82.3 Å². The molecular weight excluding hydrogens is 450 g/mol. The van der Waals surface area contributed by atoms with Crippen LogP contribution in [0.5, 0.6) is 0 Å². The van der Waals surface area contributed by atoms with E-state index in [2.05, 4.69) is 27.3 Å². The zero-order valence-corrected chi connectivity index (χ0v) is 21.0. The maximum absolute atomic E-state index is 13.0. The number of ketones is 1. The molecule has 1 amide bonds. The van der Waals surface area contributed by atoms with Crippen LogP contribution < -0.4 is 10.7 Å². The van der Waals surface area contributed by atoms with E-state index >= 15 is 0 Å². The number of hydrogen-bond acceptors (Lipinski definition) is 4. The minimum absolute atomic E-state index is 0.0759. The van der Waals surface area contributed by atoms with Crippen LogP contribution in [0.2, 0.25) is 0 Å². The van der Waals surface area contributed by atoms with E-state index in [4.69, 9.17) is 0 Å². The van der Waals surface area contributed by atoms with Gasteiger partial charge in [-0.15, -0.1) is 0 Å². The molecule has 36 heavy (non-hydrogen) atoms. The molecule has 0 saturated heterocycles. The zero-order chi connectivity index (χ0) is 25.1. The van der Waals surface area contributed by atoms with Crippen molar-refractivity contribution < 1.29 is 9.59 Å². The molecule has 1 aliphatic carbocycles. The third-order valence-electron chi connectivity index (χ3n) is 8.08. The first kappa shape index (κ1) is 24.4. The number of amides is 1. The minimum Gasteiger partial charge on any atom is -0.360 e. The summed E-state index contributed by atoms with van der Waals surface area (Å²) in [6.07, 6.45) is 9.11. The third-order valence-corrected chi connectivity index (χ3v) is 8.08. The zero-order valence-electron chi connectivity index (χ0n) is 21.0. The van der Waals surface area contributed by atoms with Crippen LogP contribution in [0, 0.1) is 5.92 Å². The van der Waals surface area contributed by atoms with E-state index in [0.717, 1.165) is 63.7 Å². The highest BCUT2D eigenvalue weighted by Gasteiger charge is 2.24. The fourth-order valence-corrected chi connectivity index (χ4v) is 5.83. The van der Waals surface area contributed by atoms with Crippen molar-refractivity contribution in [1.29, 1.82) is 0 Å². The summed E-state index contributed by atoms with van der Waals surface area (Å²) >= 11 is 0. The van der Waals surface area contributed by atoms with Gasteiger partial charge in [-0.1, -0.05) is 18.2 Å². The number of carbonyl (C=O) groups is 2. The molecule has 0 unspecified atom stereocenters. The fraction of sp³-hybridized carbons (Fsp3) is 0.433. The molecule has 1 fully saturated rings. The monoisotopic (exact) mass is 485 g/mol. The molecule has 0 spiro atoms. The van der Waals surface area contributed by atoms with Crippen molar-refractivity contribution in [3.05, 3.63) is 81.1 Å². The van der Waals surface area contributed by atoms with Crippen molar-refractivity contribution in [3.63, 3.8) is 0 Å². The molecule has 1 aromatic heterocycles.